The van der Waals surface area contributed by atoms with Gasteiger partial charge in [-0.2, -0.15) is 4.98 Å². The summed E-state index contributed by atoms with van der Waals surface area (Å²) >= 11 is 1.53. The molecule has 0 atom stereocenters. The van der Waals surface area contributed by atoms with Gasteiger partial charge in [0.15, 0.2) is 5.82 Å². The number of aromatic nitrogens is 2. The highest BCUT2D eigenvalue weighted by Gasteiger charge is 2.04. The lowest BCUT2D eigenvalue weighted by molar-refractivity contribution is 0.427. The van der Waals surface area contributed by atoms with E-state index < -0.39 is 0 Å². The zero-order chi connectivity index (χ0) is 11.4. The van der Waals surface area contributed by atoms with E-state index in [0.29, 0.717) is 17.6 Å². The summed E-state index contributed by atoms with van der Waals surface area (Å²) < 4.78 is 17.5. The highest BCUT2D eigenvalue weighted by atomic mass is 32.2. The lowest BCUT2D eigenvalue weighted by Crippen LogP contribution is -1.88. The first-order valence-corrected chi connectivity index (χ1v) is 5.65. The monoisotopic (exact) mass is 239 g/mol. The Bertz CT molecular complexity index is 457. The van der Waals surface area contributed by atoms with Crippen molar-refractivity contribution >= 4 is 17.8 Å². The smallest absolute Gasteiger partial charge is 0.321 e. The molecule has 0 saturated carbocycles. The summed E-state index contributed by atoms with van der Waals surface area (Å²) in [5, 5.41) is 6.53. The maximum atomic E-state index is 12.6. The third kappa shape index (κ3) is 2.73. The second kappa shape index (κ2) is 4.98. The molecule has 0 aliphatic carbocycles. The summed E-state index contributed by atoms with van der Waals surface area (Å²) in [5.41, 5.74) is 0. The maximum Gasteiger partial charge on any atom is 0.321 e. The predicted octanol–water partition coefficient (Wildman–Crippen LogP) is 2.54. The van der Waals surface area contributed by atoms with Crippen molar-refractivity contribution in [3.8, 4) is 0 Å². The standard InChI is InChI=1S/C10H10FN3OS/c1-12-10-13-9(14-15-10)6-16-8-4-2-7(11)3-5-8/h2-5H,6H2,1H3,(H,12,13,14). The van der Waals surface area contributed by atoms with Crippen molar-refractivity contribution in [2.45, 2.75) is 10.6 Å². The van der Waals surface area contributed by atoms with E-state index in [-0.39, 0.29) is 5.82 Å². The summed E-state index contributed by atoms with van der Waals surface area (Å²) in [4.78, 5) is 5.05. The Kier molecular flexibility index (Phi) is 3.40. The Morgan fingerprint density at radius 1 is 1.38 bits per heavy atom. The first-order chi connectivity index (χ1) is 7.78. The molecule has 0 unspecified atom stereocenters. The Labute approximate surface area is 96.2 Å². The van der Waals surface area contributed by atoms with Crippen molar-refractivity contribution in [3.63, 3.8) is 0 Å². The SMILES string of the molecule is CNc1nc(CSc2ccc(F)cc2)no1. The zero-order valence-corrected chi connectivity index (χ0v) is 9.42. The molecule has 2 aromatic rings. The maximum absolute atomic E-state index is 12.6. The number of halogens is 1. The number of anilines is 1. The second-order valence-corrected chi connectivity index (χ2v) is 4.06. The second-order valence-electron chi connectivity index (χ2n) is 3.01. The van der Waals surface area contributed by atoms with E-state index in [1.807, 2.05) is 0 Å². The van der Waals surface area contributed by atoms with Crippen LogP contribution in [-0.2, 0) is 5.75 Å². The van der Waals surface area contributed by atoms with Crippen molar-refractivity contribution in [2.24, 2.45) is 0 Å². The summed E-state index contributed by atoms with van der Waals surface area (Å²) in [6.45, 7) is 0. The Balaban J connectivity index is 1.94. The van der Waals surface area contributed by atoms with Crippen LogP contribution in [0.25, 0.3) is 0 Å². The summed E-state index contributed by atoms with van der Waals surface area (Å²) in [6, 6.07) is 6.70. The number of rotatable bonds is 4. The topological polar surface area (TPSA) is 51.0 Å². The molecular weight excluding hydrogens is 229 g/mol. The van der Waals surface area contributed by atoms with Crippen LogP contribution in [0.4, 0.5) is 10.4 Å². The molecule has 0 saturated heterocycles. The largest absolute Gasteiger partial charge is 0.341 e. The number of hydrogen-bond donors (Lipinski definition) is 1. The van der Waals surface area contributed by atoms with Gasteiger partial charge in [-0.05, 0) is 24.3 Å². The van der Waals surface area contributed by atoms with Crippen molar-refractivity contribution in [2.75, 3.05) is 12.4 Å². The average Bonchev–Trinajstić information content (AvgIpc) is 2.76. The summed E-state index contributed by atoms with van der Waals surface area (Å²) in [6.07, 6.45) is 0. The van der Waals surface area contributed by atoms with E-state index >= 15 is 0 Å². The Morgan fingerprint density at radius 2 is 2.12 bits per heavy atom. The summed E-state index contributed by atoms with van der Waals surface area (Å²) in [7, 11) is 1.71. The fourth-order valence-corrected chi connectivity index (χ4v) is 1.83. The number of hydrogen-bond acceptors (Lipinski definition) is 5. The van der Waals surface area contributed by atoms with E-state index in [2.05, 4.69) is 15.5 Å². The molecule has 6 heteroatoms. The highest BCUT2D eigenvalue weighted by Crippen LogP contribution is 2.21. The fraction of sp³-hybridized carbons (Fsp3) is 0.200. The van der Waals surface area contributed by atoms with Crippen molar-refractivity contribution in [1.82, 2.24) is 10.1 Å². The van der Waals surface area contributed by atoms with E-state index in [0.717, 1.165) is 4.90 Å². The zero-order valence-electron chi connectivity index (χ0n) is 8.61. The molecule has 16 heavy (non-hydrogen) atoms. The molecular formula is C10H10FN3OS. The van der Waals surface area contributed by atoms with Gasteiger partial charge in [-0.15, -0.1) is 11.8 Å². The lowest BCUT2D eigenvalue weighted by Gasteiger charge is -1.97. The van der Waals surface area contributed by atoms with Gasteiger partial charge in [-0.1, -0.05) is 5.16 Å². The molecule has 2 rings (SSSR count). The van der Waals surface area contributed by atoms with Gasteiger partial charge in [0.1, 0.15) is 5.82 Å². The molecule has 1 aromatic heterocycles. The van der Waals surface area contributed by atoms with Crippen LogP contribution < -0.4 is 5.32 Å². The van der Waals surface area contributed by atoms with Crippen LogP contribution in [0.2, 0.25) is 0 Å². The van der Waals surface area contributed by atoms with Crippen LogP contribution in [0.15, 0.2) is 33.7 Å². The Hall–Kier alpha value is -1.56. The molecule has 84 valence electrons. The van der Waals surface area contributed by atoms with E-state index in [4.69, 9.17) is 4.52 Å². The van der Waals surface area contributed by atoms with Crippen LogP contribution in [0.5, 0.6) is 0 Å². The van der Waals surface area contributed by atoms with Crippen molar-refractivity contribution in [1.29, 1.82) is 0 Å². The van der Waals surface area contributed by atoms with Crippen LogP contribution in [-0.4, -0.2) is 17.2 Å². The van der Waals surface area contributed by atoms with Crippen molar-refractivity contribution in [3.05, 3.63) is 35.9 Å². The quantitative estimate of drug-likeness (QED) is 0.831. The Morgan fingerprint density at radius 3 is 2.75 bits per heavy atom. The molecule has 0 bridgehead atoms. The summed E-state index contributed by atoms with van der Waals surface area (Å²) in [5.74, 6) is 0.969. The minimum absolute atomic E-state index is 0.235. The number of benzene rings is 1. The number of nitrogens with zero attached hydrogens (tertiary/aromatic N) is 2. The highest BCUT2D eigenvalue weighted by molar-refractivity contribution is 7.98. The van der Waals surface area contributed by atoms with Gasteiger partial charge in [-0.25, -0.2) is 4.39 Å². The van der Waals surface area contributed by atoms with Gasteiger partial charge >= 0.3 is 6.01 Å². The molecule has 0 aliphatic heterocycles. The molecule has 0 spiro atoms. The molecule has 1 N–H and O–H groups in total. The minimum atomic E-state index is -0.235. The van der Waals surface area contributed by atoms with Gasteiger partial charge in [0.2, 0.25) is 0 Å². The molecule has 0 radical (unpaired) electrons. The van der Waals surface area contributed by atoms with Gasteiger partial charge < -0.3 is 9.84 Å². The molecule has 4 nitrogen and oxygen atoms in total. The van der Waals surface area contributed by atoms with Crippen molar-refractivity contribution < 1.29 is 8.91 Å². The molecule has 1 aromatic carbocycles. The molecule has 0 amide bonds. The van der Waals surface area contributed by atoms with Crippen LogP contribution in [0, 0.1) is 5.82 Å². The van der Waals surface area contributed by atoms with Crippen LogP contribution in [0.1, 0.15) is 5.82 Å². The third-order valence-electron chi connectivity index (χ3n) is 1.86. The van der Waals surface area contributed by atoms with E-state index in [1.165, 1.54) is 23.9 Å². The number of thioether (sulfide) groups is 1. The van der Waals surface area contributed by atoms with Gasteiger partial charge in [0, 0.05) is 11.9 Å². The first-order valence-electron chi connectivity index (χ1n) is 4.66. The number of nitrogens with one attached hydrogen (secondary N) is 1. The van der Waals surface area contributed by atoms with Crippen LogP contribution >= 0.6 is 11.8 Å². The van der Waals surface area contributed by atoms with Gasteiger partial charge in [-0.3, -0.25) is 0 Å². The van der Waals surface area contributed by atoms with Gasteiger partial charge in [0.05, 0.1) is 5.75 Å². The predicted molar refractivity (Wildman–Crippen MR) is 59.8 cm³/mol. The first kappa shape index (κ1) is 10.9. The third-order valence-corrected chi connectivity index (χ3v) is 2.87. The molecule has 0 fully saturated rings. The lowest BCUT2D eigenvalue weighted by atomic mass is 10.4. The molecule has 0 aliphatic rings. The fourth-order valence-electron chi connectivity index (χ4n) is 1.09. The van der Waals surface area contributed by atoms with Crippen LogP contribution in [0.3, 0.4) is 0 Å². The normalized spacial score (nSPS) is 10.4. The minimum Gasteiger partial charge on any atom is -0.341 e. The van der Waals surface area contributed by atoms with E-state index in [1.54, 1.807) is 19.2 Å². The van der Waals surface area contributed by atoms with E-state index in [9.17, 15) is 4.39 Å². The average molecular weight is 239 g/mol. The molecule has 1 heterocycles. The van der Waals surface area contributed by atoms with Gasteiger partial charge in [0.25, 0.3) is 0 Å².